The molecule has 0 radical (unpaired) electrons. The summed E-state index contributed by atoms with van der Waals surface area (Å²) >= 11 is 5.09. The van der Waals surface area contributed by atoms with E-state index in [-0.39, 0.29) is 13.0 Å². The first kappa shape index (κ1) is 10.6. The van der Waals surface area contributed by atoms with E-state index in [0.717, 1.165) is 4.90 Å². The summed E-state index contributed by atoms with van der Waals surface area (Å²) in [5, 5.41) is -0.797. The van der Waals surface area contributed by atoms with Crippen molar-refractivity contribution >= 4 is 17.0 Å². The van der Waals surface area contributed by atoms with Gasteiger partial charge in [0.1, 0.15) is 0 Å². The van der Waals surface area contributed by atoms with Gasteiger partial charge >= 0.3 is 11.5 Å². The van der Waals surface area contributed by atoms with Crippen molar-refractivity contribution < 1.29 is 18.0 Å². The van der Waals surface area contributed by atoms with Gasteiger partial charge in [-0.3, -0.25) is 4.79 Å². The molecule has 6 heteroatoms. The quantitative estimate of drug-likeness (QED) is 0.449. The number of amides is 1. The van der Waals surface area contributed by atoms with E-state index in [1.807, 2.05) is 0 Å². The Labute approximate surface area is 78.6 Å². The highest BCUT2D eigenvalue weighted by atomic mass is 35.5. The maximum absolute atomic E-state index is 12.2. The van der Waals surface area contributed by atoms with Crippen LogP contribution in [0, 0.1) is 5.92 Å². The molecule has 0 saturated carbocycles. The zero-order chi connectivity index (χ0) is 10.1. The van der Waals surface area contributed by atoms with Crippen molar-refractivity contribution in [3.63, 3.8) is 0 Å². The molecular weight excluding hydrogens is 207 g/mol. The molecule has 0 N–H and O–H groups in total. The van der Waals surface area contributed by atoms with E-state index in [9.17, 15) is 18.0 Å². The predicted octanol–water partition coefficient (Wildman–Crippen LogP) is 2.62. The van der Waals surface area contributed by atoms with Gasteiger partial charge in [-0.25, -0.2) is 0 Å². The molecule has 0 unspecified atom stereocenters. The number of alkyl halides is 3. The summed E-state index contributed by atoms with van der Waals surface area (Å²) < 4.78 is 36.6. The summed E-state index contributed by atoms with van der Waals surface area (Å²) in [6, 6.07) is 0. The van der Waals surface area contributed by atoms with Crippen molar-refractivity contribution in [1.82, 2.24) is 4.90 Å². The van der Waals surface area contributed by atoms with Crippen LogP contribution in [-0.2, 0) is 0 Å². The molecule has 0 aromatic rings. The number of rotatable bonds is 0. The molecule has 0 aromatic heterocycles. The second-order valence-corrected chi connectivity index (χ2v) is 3.40. The maximum Gasteiger partial charge on any atom is 0.393 e. The van der Waals surface area contributed by atoms with E-state index in [1.54, 1.807) is 0 Å². The van der Waals surface area contributed by atoms with E-state index in [0.29, 0.717) is 13.0 Å². The second kappa shape index (κ2) is 3.74. The predicted molar refractivity (Wildman–Crippen MR) is 41.6 cm³/mol. The molecular formula is C7H9ClF3NO. The van der Waals surface area contributed by atoms with E-state index in [2.05, 4.69) is 0 Å². The van der Waals surface area contributed by atoms with Gasteiger partial charge < -0.3 is 4.90 Å². The van der Waals surface area contributed by atoms with Gasteiger partial charge in [-0.1, -0.05) is 0 Å². The van der Waals surface area contributed by atoms with Gasteiger partial charge in [-0.15, -0.1) is 0 Å². The lowest BCUT2D eigenvalue weighted by Crippen LogP contribution is -2.42. The van der Waals surface area contributed by atoms with Gasteiger partial charge in [0.25, 0.3) is 0 Å². The normalized spacial score (nSPS) is 24.6. The molecule has 1 aliphatic rings. The van der Waals surface area contributed by atoms with Crippen LogP contribution in [0.15, 0.2) is 0 Å². The first-order chi connectivity index (χ1) is 5.91. The fraction of sp³-hybridized carbons (Fsp3) is 0.857. The van der Waals surface area contributed by atoms with Gasteiger partial charge in [-0.2, -0.15) is 13.2 Å². The van der Waals surface area contributed by atoms with Crippen molar-refractivity contribution in [2.24, 2.45) is 5.92 Å². The zero-order valence-electron chi connectivity index (χ0n) is 6.77. The van der Waals surface area contributed by atoms with Crippen molar-refractivity contribution in [2.75, 3.05) is 13.1 Å². The first-order valence-corrected chi connectivity index (χ1v) is 4.30. The third kappa shape index (κ3) is 2.76. The van der Waals surface area contributed by atoms with Crippen LogP contribution in [-0.4, -0.2) is 29.5 Å². The Balaban J connectivity index is 2.57. The van der Waals surface area contributed by atoms with Crippen LogP contribution < -0.4 is 0 Å². The van der Waals surface area contributed by atoms with Crippen LogP contribution in [0.4, 0.5) is 18.0 Å². The van der Waals surface area contributed by atoms with Crippen LogP contribution in [0.1, 0.15) is 12.8 Å². The van der Waals surface area contributed by atoms with Crippen LogP contribution in [0.3, 0.4) is 0 Å². The average molecular weight is 216 g/mol. The summed E-state index contributed by atoms with van der Waals surface area (Å²) in [5.74, 6) is -1.41. The van der Waals surface area contributed by atoms with E-state index in [4.69, 9.17) is 11.6 Å². The Morgan fingerprint density at radius 3 is 2.54 bits per heavy atom. The lowest BCUT2D eigenvalue weighted by molar-refractivity contribution is -0.183. The number of hydrogen-bond donors (Lipinski definition) is 0. The SMILES string of the molecule is O=C(Cl)N1CCC[C@H](C(F)(F)F)C1. The van der Waals surface area contributed by atoms with Gasteiger partial charge in [0.15, 0.2) is 0 Å². The Morgan fingerprint density at radius 2 is 2.08 bits per heavy atom. The van der Waals surface area contributed by atoms with Crippen LogP contribution in [0.2, 0.25) is 0 Å². The zero-order valence-corrected chi connectivity index (χ0v) is 7.53. The minimum Gasteiger partial charge on any atom is -0.329 e. The number of hydrogen-bond acceptors (Lipinski definition) is 1. The van der Waals surface area contributed by atoms with Crippen LogP contribution in [0.5, 0.6) is 0 Å². The number of nitrogens with zero attached hydrogens (tertiary/aromatic N) is 1. The highest BCUT2D eigenvalue weighted by Crippen LogP contribution is 2.33. The number of carbonyl (C=O) groups is 1. The highest BCUT2D eigenvalue weighted by Gasteiger charge is 2.42. The average Bonchev–Trinajstić information content (AvgIpc) is 2.03. The van der Waals surface area contributed by atoms with Crippen LogP contribution in [0.25, 0.3) is 0 Å². The number of likely N-dealkylation sites (tertiary alicyclic amines) is 1. The molecule has 0 aliphatic carbocycles. The first-order valence-electron chi connectivity index (χ1n) is 3.92. The molecule has 2 nitrogen and oxygen atoms in total. The molecule has 1 saturated heterocycles. The summed E-state index contributed by atoms with van der Waals surface area (Å²) in [5.41, 5.74) is 0. The van der Waals surface area contributed by atoms with E-state index < -0.39 is 17.5 Å². The fourth-order valence-electron chi connectivity index (χ4n) is 1.40. The number of piperidine rings is 1. The van der Waals surface area contributed by atoms with E-state index in [1.165, 1.54) is 0 Å². The molecule has 0 spiro atoms. The Hall–Kier alpha value is -0.450. The lowest BCUT2D eigenvalue weighted by atomic mass is 9.98. The summed E-state index contributed by atoms with van der Waals surface area (Å²) in [6.07, 6.45) is -3.77. The fourth-order valence-corrected chi connectivity index (χ4v) is 1.56. The minimum atomic E-state index is -4.22. The number of halogens is 4. The van der Waals surface area contributed by atoms with Gasteiger partial charge in [0.05, 0.1) is 5.92 Å². The molecule has 13 heavy (non-hydrogen) atoms. The van der Waals surface area contributed by atoms with Crippen molar-refractivity contribution in [1.29, 1.82) is 0 Å². The third-order valence-electron chi connectivity index (χ3n) is 2.13. The van der Waals surface area contributed by atoms with Gasteiger partial charge in [0, 0.05) is 13.1 Å². The summed E-state index contributed by atoms with van der Waals surface area (Å²) in [4.78, 5) is 11.6. The lowest BCUT2D eigenvalue weighted by Gasteiger charge is -2.32. The van der Waals surface area contributed by atoms with Crippen molar-refractivity contribution in [3.05, 3.63) is 0 Å². The highest BCUT2D eigenvalue weighted by molar-refractivity contribution is 6.62. The maximum atomic E-state index is 12.2. The molecule has 1 aliphatic heterocycles. The largest absolute Gasteiger partial charge is 0.393 e. The van der Waals surface area contributed by atoms with Gasteiger partial charge in [-0.05, 0) is 24.4 Å². The number of carbonyl (C=O) groups excluding carboxylic acids is 1. The van der Waals surface area contributed by atoms with Gasteiger partial charge in [0.2, 0.25) is 0 Å². The molecule has 1 heterocycles. The third-order valence-corrected chi connectivity index (χ3v) is 2.37. The molecule has 1 atom stereocenters. The Morgan fingerprint density at radius 1 is 1.46 bits per heavy atom. The minimum absolute atomic E-state index is 0.0875. The Bertz CT molecular complexity index is 206. The summed E-state index contributed by atoms with van der Waals surface area (Å²) in [6.45, 7) is 0.0285. The molecule has 1 amide bonds. The molecule has 1 fully saturated rings. The van der Waals surface area contributed by atoms with Crippen LogP contribution >= 0.6 is 11.6 Å². The van der Waals surface area contributed by atoms with E-state index >= 15 is 0 Å². The Kier molecular flexibility index (Phi) is 3.05. The molecule has 1 rings (SSSR count). The molecule has 0 bridgehead atoms. The van der Waals surface area contributed by atoms with Crippen molar-refractivity contribution in [3.8, 4) is 0 Å². The topological polar surface area (TPSA) is 20.3 Å². The molecule has 0 aromatic carbocycles. The second-order valence-electron chi connectivity index (χ2n) is 3.08. The standard InChI is InChI=1S/C7H9ClF3NO/c8-6(13)12-3-1-2-5(4-12)7(9,10)11/h5H,1-4H2/t5-/m0/s1. The summed E-state index contributed by atoms with van der Waals surface area (Å²) in [7, 11) is 0. The van der Waals surface area contributed by atoms with Crippen molar-refractivity contribution in [2.45, 2.75) is 19.0 Å². The molecule has 76 valence electrons. The monoisotopic (exact) mass is 215 g/mol. The smallest absolute Gasteiger partial charge is 0.329 e.